The van der Waals surface area contributed by atoms with Crippen molar-refractivity contribution in [2.24, 2.45) is 0 Å². The van der Waals surface area contributed by atoms with Crippen LogP contribution in [0.4, 0.5) is 0 Å². The molecular weight excluding hydrogens is 242 g/mol. The van der Waals surface area contributed by atoms with Crippen LogP contribution < -0.4 is 5.32 Å². The Morgan fingerprint density at radius 2 is 2.22 bits per heavy atom. The predicted octanol–water partition coefficient (Wildman–Crippen LogP) is 2.77. The molecule has 1 aromatic carbocycles. The van der Waals surface area contributed by atoms with Gasteiger partial charge in [-0.3, -0.25) is 0 Å². The first-order valence-electron chi connectivity index (χ1n) is 6.65. The van der Waals surface area contributed by atoms with Crippen molar-refractivity contribution < 1.29 is 5.11 Å². The summed E-state index contributed by atoms with van der Waals surface area (Å²) in [7, 11) is 0. The van der Waals surface area contributed by atoms with Gasteiger partial charge in [-0.1, -0.05) is 24.3 Å². The van der Waals surface area contributed by atoms with Crippen molar-refractivity contribution in [3.63, 3.8) is 0 Å². The Balaban J connectivity index is 1.99. The molecule has 0 amide bonds. The number of thioether (sulfide) groups is 1. The molecule has 0 aliphatic heterocycles. The van der Waals surface area contributed by atoms with Crippen LogP contribution in [-0.2, 0) is 6.42 Å². The Kier molecular flexibility index (Phi) is 4.71. The molecule has 0 spiro atoms. The van der Waals surface area contributed by atoms with Gasteiger partial charge in [0.2, 0.25) is 0 Å². The molecule has 2 rings (SSSR count). The van der Waals surface area contributed by atoms with E-state index in [0.717, 1.165) is 5.75 Å². The maximum absolute atomic E-state index is 10.2. The Bertz CT molecular complexity index is 392. The van der Waals surface area contributed by atoms with Crippen molar-refractivity contribution in [2.75, 3.05) is 18.6 Å². The van der Waals surface area contributed by atoms with Gasteiger partial charge in [0.15, 0.2) is 0 Å². The molecule has 2 atom stereocenters. The Morgan fingerprint density at radius 3 is 3.00 bits per heavy atom. The van der Waals surface area contributed by atoms with Crippen molar-refractivity contribution in [2.45, 2.75) is 37.8 Å². The topological polar surface area (TPSA) is 32.3 Å². The number of rotatable bonds is 5. The summed E-state index contributed by atoms with van der Waals surface area (Å²) in [6, 6.07) is 9.08. The molecule has 0 aromatic heterocycles. The summed E-state index contributed by atoms with van der Waals surface area (Å²) in [6.45, 7) is 2.57. The second-order valence-electron chi connectivity index (χ2n) is 5.45. The maximum Gasteiger partial charge on any atom is 0.0833 e. The molecule has 100 valence electrons. The molecule has 1 aliphatic carbocycles. The zero-order valence-electron chi connectivity index (χ0n) is 11.3. The monoisotopic (exact) mass is 265 g/mol. The summed E-state index contributed by atoms with van der Waals surface area (Å²) in [5.74, 6) is 0.772. The molecule has 1 aromatic rings. The van der Waals surface area contributed by atoms with Crippen LogP contribution in [0.1, 0.15) is 36.9 Å². The molecule has 2 N–H and O–H groups in total. The maximum atomic E-state index is 10.2. The Labute approximate surface area is 114 Å². The zero-order chi connectivity index (χ0) is 13.0. The van der Waals surface area contributed by atoms with E-state index >= 15 is 0 Å². The number of nitrogens with one attached hydrogen (secondary N) is 1. The molecule has 3 heteroatoms. The third kappa shape index (κ3) is 3.50. The van der Waals surface area contributed by atoms with Gasteiger partial charge in [0.25, 0.3) is 0 Å². The second kappa shape index (κ2) is 6.09. The minimum atomic E-state index is -0.619. The highest BCUT2D eigenvalue weighted by Gasteiger charge is 2.24. The van der Waals surface area contributed by atoms with Crippen LogP contribution in [0.25, 0.3) is 0 Å². The highest BCUT2D eigenvalue weighted by molar-refractivity contribution is 7.98. The molecular formula is C15H23NOS. The lowest BCUT2D eigenvalue weighted by atomic mass is 9.87. The SMILES string of the molecule is CSCC(C)(O)CNC1CCCc2ccccc21. The molecule has 0 saturated heterocycles. The molecule has 0 fully saturated rings. The quantitative estimate of drug-likeness (QED) is 0.858. The van der Waals surface area contributed by atoms with Gasteiger partial charge in [0, 0.05) is 18.3 Å². The van der Waals surface area contributed by atoms with Gasteiger partial charge >= 0.3 is 0 Å². The Hall–Kier alpha value is -0.510. The zero-order valence-corrected chi connectivity index (χ0v) is 12.1. The lowest BCUT2D eigenvalue weighted by Crippen LogP contribution is -2.42. The lowest BCUT2D eigenvalue weighted by molar-refractivity contribution is 0.0806. The highest BCUT2D eigenvalue weighted by atomic mass is 32.2. The van der Waals surface area contributed by atoms with E-state index in [1.165, 1.54) is 30.4 Å². The van der Waals surface area contributed by atoms with Crippen LogP contribution in [0, 0.1) is 0 Å². The molecule has 0 heterocycles. The van der Waals surface area contributed by atoms with Gasteiger partial charge in [-0.2, -0.15) is 11.8 Å². The van der Waals surface area contributed by atoms with Gasteiger partial charge in [0.05, 0.1) is 5.60 Å². The molecule has 18 heavy (non-hydrogen) atoms. The summed E-state index contributed by atoms with van der Waals surface area (Å²) >= 11 is 1.69. The van der Waals surface area contributed by atoms with Crippen LogP contribution in [-0.4, -0.2) is 29.3 Å². The van der Waals surface area contributed by atoms with Crippen LogP contribution >= 0.6 is 11.8 Å². The number of benzene rings is 1. The number of hydrogen-bond acceptors (Lipinski definition) is 3. The van der Waals surface area contributed by atoms with Crippen molar-refractivity contribution >= 4 is 11.8 Å². The van der Waals surface area contributed by atoms with Crippen LogP contribution in [0.2, 0.25) is 0 Å². The van der Waals surface area contributed by atoms with Crippen molar-refractivity contribution in [3.05, 3.63) is 35.4 Å². The standard InChI is InChI=1S/C15H23NOS/c1-15(17,11-18-2)10-16-14-9-5-7-12-6-3-4-8-13(12)14/h3-4,6,8,14,16-17H,5,7,9-11H2,1-2H3. The van der Waals surface area contributed by atoms with Gasteiger partial charge in [-0.05, 0) is 43.6 Å². The smallest absolute Gasteiger partial charge is 0.0833 e. The number of aryl methyl sites for hydroxylation is 1. The summed E-state index contributed by atoms with van der Waals surface area (Å²) in [5, 5.41) is 13.7. The van der Waals surface area contributed by atoms with Crippen LogP contribution in [0.15, 0.2) is 24.3 Å². The third-order valence-corrected chi connectivity index (χ3v) is 4.46. The van der Waals surface area contributed by atoms with E-state index in [1.54, 1.807) is 11.8 Å². The minimum absolute atomic E-state index is 0.406. The van der Waals surface area contributed by atoms with Crippen molar-refractivity contribution in [3.8, 4) is 0 Å². The first kappa shape index (κ1) is 13.9. The summed E-state index contributed by atoms with van der Waals surface area (Å²) in [4.78, 5) is 0. The summed E-state index contributed by atoms with van der Waals surface area (Å²) < 4.78 is 0. The van der Waals surface area contributed by atoms with Gasteiger partial charge in [0.1, 0.15) is 0 Å². The van der Waals surface area contributed by atoms with E-state index in [4.69, 9.17) is 0 Å². The van der Waals surface area contributed by atoms with Gasteiger partial charge in [-0.15, -0.1) is 0 Å². The average Bonchev–Trinajstić information content (AvgIpc) is 2.36. The molecule has 0 bridgehead atoms. The lowest BCUT2D eigenvalue weighted by Gasteiger charge is -2.30. The summed E-state index contributed by atoms with van der Waals surface area (Å²) in [5.41, 5.74) is 2.26. The van der Waals surface area contributed by atoms with Crippen LogP contribution in [0.5, 0.6) is 0 Å². The van der Waals surface area contributed by atoms with Crippen molar-refractivity contribution in [1.29, 1.82) is 0 Å². The third-order valence-electron chi connectivity index (χ3n) is 3.55. The number of fused-ring (bicyclic) bond motifs is 1. The van der Waals surface area contributed by atoms with E-state index in [2.05, 4.69) is 29.6 Å². The fourth-order valence-electron chi connectivity index (χ4n) is 2.67. The summed E-state index contributed by atoms with van der Waals surface area (Å²) in [6.07, 6.45) is 5.63. The van der Waals surface area contributed by atoms with E-state index in [0.29, 0.717) is 12.6 Å². The molecule has 1 aliphatic rings. The average molecular weight is 265 g/mol. The first-order valence-corrected chi connectivity index (χ1v) is 8.04. The fourth-order valence-corrected chi connectivity index (χ4v) is 3.39. The van der Waals surface area contributed by atoms with Crippen LogP contribution in [0.3, 0.4) is 0 Å². The second-order valence-corrected chi connectivity index (χ2v) is 6.32. The number of hydrogen-bond donors (Lipinski definition) is 2. The van der Waals surface area contributed by atoms with E-state index in [-0.39, 0.29) is 0 Å². The number of aliphatic hydroxyl groups is 1. The molecule has 0 saturated carbocycles. The van der Waals surface area contributed by atoms with Gasteiger partial charge in [-0.25, -0.2) is 0 Å². The fraction of sp³-hybridized carbons (Fsp3) is 0.600. The molecule has 2 nitrogen and oxygen atoms in total. The van der Waals surface area contributed by atoms with E-state index < -0.39 is 5.60 Å². The minimum Gasteiger partial charge on any atom is -0.388 e. The van der Waals surface area contributed by atoms with Crippen molar-refractivity contribution in [1.82, 2.24) is 5.32 Å². The molecule has 0 radical (unpaired) electrons. The van der Waals surface area contributed by atoms with E-state index in [9.17, 15) is 5.11 Å². The molecule has 2 unspecified atom stereocenters. The normalized spacial score (nSPS) is 22.3. The predicted molar refractivity (Wildman–Crippen MR) is 79.1 cm³/mol. The largest absolute Gasteiger partial charge is 0.388 e. The Morgan fingerprint density at radius 1 is 1.44 bits per heavy atom. The van der Waals surface area contributed by atoms with Gasteiger partial charge < -0.3 is 10.4 Å². The highest BCUT2D eigenvalue weighted by Crippen LogP contribution is 2.29. The van der Waals surface area contributed by atoms with E-state index in [1.807, 2.05) is 13.2 Å². The first-order chi connectivity index (χ1) is 8.62.